The van der Waals surface area contributed by atoms with E-state index >= 15 is 0 Å². The van der Waals surface area contributed by atoms with Crippen molar-refractivity contribution in [3.05, 3.63) is 58.6 Å². The van der Waals surface area contributed by atoms with Gasteiger partial charge in [-0.25, -0.2) is 0 Å². The van der Waals surface area contributed by atoms with E-state index in [9.17, 15) is 9.59 Å². The Balaban J connectivity index is 1.76. The molecule has 0 unspecified atom stereocenters. The fourth-order valence-corrected chi connectivity index (χ4v) is 3.13. The molecule has 0 aromatic heterocycles. The molecule has 3 rings (SSSR count). The molecule has 1 aliphatic heterocycles. The number of nitrogens with one attached hydrogen (secondary N) is 1. The maximum Gasteiger partial charge on any atom is 0.254 e. The van der Waals surface area contributed by atoms with Crippen molar-refractivity contribution >= 4 is 29.1 Å². The van der Waals surface area contributed by atoms with Crippen molar-refractivity contribution in [1.29, 1.82) is 0 Å². The molecule has 1 N–H and O–H groups in total. The highest BCUT2D eigenvalue weighted by Crippen LogP contribution is 2.37. The molecule has 130 valence electrons. The number of benzene rings is 2. The van der Waals surface area contributed by atoms with E-state index in [0.717, 1.165) is 17.0 Å². The molecule has 0 saturated carbocycles. The molecule has 1 heterocycles. The average Bonchev–Trinajstić information content (AvgIpc) is 2.81. The number of anilines is 1. The van der Waals surface area contributed by atoms with Crippen molar-refractivity contribution in [2.24, 2.45) is 0 Å². The summed E-state index contributed by atoms with van der Waals surface area (Å²) in [6, 6.07) is 12.3. The number of aryl methyl sites for hydroxylation is 1. The molecule has 0 spiro atoms. The second kappa shape index (κ2) is 7.15. The van der Waals surface area contributed by atoms with Gasteiger partial charge in [0, 0.05) is 23.2 Å². The zero-order valence-electron chi connectivity index (χ0n) is 14.1. The van der Waals surface area contributed by atoms with Crippen LogP contribution in [0.15, 0.2) is 42.5 Å². The average molecular weight is 359 g/mol. The first-order valence-corrected chi connectivity index (χ1v) is 8.41. The molecule has 6 heteroatoms. The van der Waals surface area contributed by atoms with E-state index in [2.05, 4.69) is 5.32 Å². The van der Waals surface area contributed by atoms with Crippen molar-refractivity contribution < 1.29 is 14.3 Å². The summed E-state index contributed by atoms with van der Waals surface area (Å²) in [5.41, 5.74) is 2.50. The molecule has 1 aliphatic rings. The van der Waals surface area contributed by atoms with Crippen LogP contribution in [0, 0.1) is 6.92 Å². The van der Waals surface area contributed by atoms with Gasteiger partial charge in [0.2, 0.25) is 5.91 Å². The molecule has 2 aromatic carbocycles. The van der Waals surface area contributed by atoms with Gasteiger partial charge in [0.15, 0.2) is 0 Å². The van der Waals surface area contributed by atoms with Crippen molar-refractivity contribution in [3.8, 4) is 5.75 Å². The lowest BCUT2D eigenvalue weighted by molar-refractivity contribution is -0.126. The van der Waals surface area contributed by atoms with E-state index in [1.54, 1.807) is 23.1 Å². The summed E-state index contributed by atoms with van der Waals surface area (Å²) in [6.45, 7) is 4.10. The quantitative estimate of drug-likeness (QED) is 0.892. The van der Waals surface area contributed by atoms with Gasteiger partial charge in [0.05, 0.1) is 6.54 Å². The lowest BCUT2D eigenvalue weighted by Crippen LogP contribution is -2.38. The first-order chi connectivity index (χ1) is 12.0. The lowest BCUT2D eigenvalue weighted by Gasteiger charge is -2.19. The summed E-state index contributed by atoms with van der Waals surface area (Å²) in [7, 11) is 0. The van der Waals surface area contributed by atoms with E-state index in [-0.39, 0.29) is 11.8 Å². The standard InChI is InChI=1S/C19H19ClN2O3/c1-12-5-3-4-6-17(12)25-10-9-22-16-8-7-14(20)11-15(16)18(19(22)24)21-13(2)23/h3-8,11,18H,9-10H2,1-2H3,(H,21,23)/t18-/m0/s1. The van der Waals surface area contributed by atoms with Crippen LogP contribution >= 0.6 is 11.6 Å². The van der Waals surface area contributed by atoms with Crippen LogP contribution in [-0.4, -0.2) is 25.0 Å². The van der Waals surface area contributed by atoms with Crippen molar-refractivity contribution in [3.63, 3.8) is 0 Å². The zero-order chi connectivity index (χ0) is 18.0. The number of fused-ring (bicyclic) bond motifs is 1. The number of hydrogen-bond acceptors (Lipinski definition) is 3. The van der Waals surface area contributed by atoms with E-state index < -0.39 is 6.04 Å². The third-order valence-electron chi connectivity index (χ3n) is 4.12. The number of rotatable bonds is 5. The Morgan fingerprint density at radius 3 is 2.76 bits per heavy atom. The number of amides is 2. The van der Waals surface area contributed by atoms with Crippen molar-refractivity contribution in [1.82, 2.24) is 5.32 Å². The number of ether oxygens (including phenoxy) is 1. The van der Waals surface area contributed by atoms with Gasteiger partial charge in [-0.15, -0.1) is 0 Å². The molecule has 0 fully saturated rings. The summed E-state index contributed by atoms with van der Waals surface area (Å²) >= 11 is 6.06. The second-order valence-corrected chi connectivity index (χ2v) is 6.38. The highest BCUT2D eigenvalue weighted by Gasteiger charge is 2.37. The molecule has 1 atom stereocenters. The highest BCUT2D eigenvalue weighted by molar-refractivity contribution is 6.31. The van der Waals surface area contributed by atoms with Crippen LogP contribution in [0.4, 0.5) is 5.69 Å². The van der Waals surface area contributed by atoms with Crippen LogP contribution in [0.2, 0.25) is 5.02 Å². The second-order valence-electron chi connectivity index (χ2n) is 5.94. The van der Waals surface area contributed by atoms with Crippen molar-refractivity contribution in [2.75, 3.05) is 18.1 Å². The van der Waals surface area contributed by atoms with Gasteiger partial charge in [-0.3, -0.25) is 9.59 Å². The summed E-state index contributed by atoms with van der Waals surface area (Å²) < 4.78 is 5.79. The molecule has 0 saturated heterocycles. The summed E-state index contributed by atoms with van der Waals surface area (Å²) in [5, 5.41) is 3.22. The summed E-state index contributed by atoms with van der Waals surface area (Å²) in [5.74, 6) is 0.354. The Morgan fingerprint density at radius 1 is 1.28 bits per heavy atom. The van der Waals surface area contributed by atoms with Crippen LogP contribution in [0.1, 0.15) is 24.1 Å². The molecule has 0 bridgehead atoms. The lowest BCUT2D eigenvalue weighted by atomic mass is 10.1. The molecule has 0 aliphatic carbocycles. The van der Waals surface area contributed by atoms with E-state index in [1.807, 2.05) is 31.2 Å². The largest absolute Gasteiger partial charge is 0.491 e. The van der Waals surface area contributed by atoms with E-state index in [0.29, 0.717) is 23.7 Å². The first-order valence-electron chi connectivity index (χ1n) is 8.03. The summed E-state index contributed by atoms with van der Waals surface area (Å²) in [4.78, 5) is 25.8. The van der Waals surface area contributed by atoms with E-state index in [1.165, 1.54) is 6.92 Å². The third kappa shape index (κ3) is 3.61. The first kappa shape index (κ1) is 17.3. The van der Waals surface area contributed by atoms with Crippen LogP contribution in [0.5, 0.6) is 5.75 Å². The van der Waals surface area contributed by atoms with Crippen LogP contribution in [-0.2, 0) is 9.59 Å². The Morgan fingerprint density at radius 2 is 2.04 bits per heavy atom. The normalized spacial score (nSPS) is 15.9. The van der Waals surface area contributed by atoms with Gasteiger partial charge in [-0.05, 0) is 36.8 Å². The molecule has 0 radical (unpaired) electrons. The highest BCUT2D eigenvalue weighted by atomic mass is 35.5. The number of halogens is 1. The van der Waals surface area contributed by atoms with Gasteiger partial charge in [0.1, 0.15) is 18.4 Å². The van der Waals surface area contributed by atoms with Gasteiger partial charge in [-0.1, -0.05) is 29.8 Å². The van der Waals surface area contributed by atoms with Crippen LogP contribution in [0.25, 0.3) is 0 Å². The molecule has 5 nitrogen and oxygen atoms in total. The number of hydrogen-bond donors (Lipinski definition) is 1. The maximum absolute atomic E-state index is 12.7. The van der Waals surface area contributed by atoms with Gasteiger partial charge in [0.25, 0.3) is 5.91 Å². The monoisotopic (exact) mass is 358 g/mol. The number of nitrogens with zero attached hydrogens (tertiary/aromatic N) is 1. The van der Waals surface area contributed by atoms with Crippen molar-refractivity contribution in [2.45, 2.75) is 19.9 Å². The summed E-state index contributed by atoms with van der Waals surface area (Å²) in [6.07, 6.45) is 0. The minimum Gasteiger partial charge on any atom is -0.491 e. The number of para-hydroxylation sites is 1. The Labute approximate surface area is 151 Å². The van der Waals surface area contributed by atoms with Crippen LogP contribution in [0.3, 0.4) is 0 Å². The van der Waals surface area contributed by atoms with Crippen LogP contribution < -0.4 is 15.0 Å². The molecule has 2 aromatic rings. The molecule has 2 amide bonds. The Hall–Kier alpha value is -2.53. The predicted molar refractivity (Wildman–Crippen MR) is 97.0 cm³/mol. The zero-order valence-corrected chi connectivity index (χ0v) is 14.8. The fraction of sp³-hybridized carbons (Fsp3) is 0.263. The third-order valence-corrected chi connectivity index (χ3v) is 4.35. The minimum absolute atomic E-state index is 0.180. The molecular formula is C19H19ClN2O3. The van der Waals surface area contributed by atoms with Gasteiger partial charge >= 0.3 is 0 Å². The predicted octanol–water partition coefficient (Wildman–Crippen LogP) is 3.25. The number of carbonyl (C=O) groups is 2. The Kier molecular flexibility index (Phi) is 4.95. The number of carbonyl (C=O) groups excluding carboxylic acids is 2. The fourth-order valence-electron chi connectivity index (χ4n) is 2.95. The van der Waals surface area contributed by atoms with Gasteiger partial charge < -0.3 is 15.0 Å². The van der Waals surface area contributed by atoms with Gasteiger partial charge in [-0.2, -0.15) is 0 Å². The maximum atomic E-state index is 12.7. The molecular weight excluding hydrogens is 340 g/mol. The van der Waals surface area contributed by atoms with E-state index in [4.69, 9.17) is 16.3 Å². The molecule has 25 heavy (non-hydrogen) atoms. The smallest absolute Gasteiger partial charge is 0.254 e. The minimum atomic E-state index is -0.704. The SMILES string of the molecule is CC(=O)N[C@@H]1C(=O)N(CCOc2ccccc2C)c2ccc(Cl)cc21. The topological polar surface area (TPSA) is 58.6 Å². The Bertz CT molecular complexity index is 822.